The highest BCUT2D eigenvalue weighted by Gasteiger charge is 2.46. The van der Waals surface area contributed by atoms with Crippen molar-refractivity contribution in [2.24, 2.45) is 5.41 Å². The number of piperidine rings is 1. The average Bonchev–Trinajstić information content (AvgIpc) is 2.59. The number of ketones is 1. The van der Waals surface area contributed by atoms with Crippen molar-refractivity contribution in [1.29, 1.82) is 0 Å². The van der Waals surface area contributed by atoms with E-state index in [0.717, 1.165) is 32.2 Å². The minimum absolute atomic E-state index is 0.00690. The monoisotopic (exact) mass is 314 g/mol. The molecule has 1 aliphatic heterocycles. The predicted octanol–water partition coefficient (Wildman–Crippen LogP) is 2.53. The normalized spacial score (nSPS) is 28.4. The van der Waals surface area contributed by atoms with Gasteiger partial charge in [0.05, 0.1) is 6.42 Å². The summed E-state index contributed by atoms with van der Waals surface area (Å²) in [7, 11) is 0. The molecule has 1 N–H and O–H groups in total. The van der Waals surface area contributed by atoms with Gasteiger partial charge >= 0.3 is 0 Å². The lowest BCUT2D eigenvalue weighted by molar-refractivity contribution is -0.149. The second-order valence-corrected chi connectivity index (χ2v) is 6.93. The first-order valence-corrected chi connectivity index (χ1v) is 8.71. The van der Waals surface area contributed by atoms with E-state index in [1.165, 1.54) is 5.56 Å². The molecule has 4 nitrogen and oxygen atoms in total. The molecule has 0 bridgehead atoms. The van der Waals surface area contributed by atoms with Crippen LogP contribution in [-0.4, -0.2) is 35.7 Å². The van der Waals surface area contributed by atoms with E-state index in [9.17, 15) is 9.59 Å². The van der Waals surface area contributed by atoms with Crippen LogP contribution in [0.4, 0.5) is 0 Å². The van der Waals surface area contributed by atoms with Gasteiger partial charge in [-0.3, -0.25) is 9.59 Å². The fourth-order valence-corrected chi connectivity index (χ4v) is 3.94. The molecule has 124 valence electrons. The number of benzene rings is 1. The molecular weight excluding hydrogens is 288 g/mol. The molecule has 0 unspecified atom stereocenters. The van der Waals surface area contributed by atoms with Crippen LogP contribution in [0.1, 0.15) is 44.6 Å². The molecule has 23 heavy (non-hydrogen) atoms. The molecule has 1 aromatic carbocycles. The van der Waals surface area contributed by atoms with Gasteiger partial charge in [0.2, 0.25) is 5.91 Å². The molecule has 1 aliphatic carbocycles. The third-order valence-corrected chi connectivity index (χ3v) is 5.51. The minimum atomic E-state index is -0.269. The number of hydrogen-bond acceptors (Lipinski definition) is 3. The quantitative estimate of drug-likeness (QED) is 0.869. The van der Waals surface area contributed by atoms with Crippen LogP contribution >= 0.6 is 0 Å². The summed E-state index contributed by atoms with van der Waals surface area (Å²) >= 11 is 0. The van der Waals surface area contributed by atoms with Crippen LogP contribution in [0.15, 0.2) is 30.3 Å². The van der Waals surface area contributed by atoms with E-state index in [2.05, 4.69) is 29.6 Å². The Morgan fingerprint density at radius 2 is 1.87 bits per heavy atom. The van der Waals surface area contributed by atoms with E-state index in [-0.39, 0.29) is 23.5 Å². The van der Waals surface area contributed by atoms with Crippen molar-refractivity contribution in [3.8, 4) is 0 Å². The molecule has 1 spiro atoms. The number of nitrogens with one attached hydrogen (secondary N) is 1. The minimum Gasteiger partial charge on any atom is -0.342 e. The second-order valence-electron chi connectivity index (χ2n) is 6.93. The summed E-state index contributed by atoms with van der Waals surface area (Å²) in [4.78, 5) is 26.2. The van der Waals surface area contributed by atoms with Gasteiger partial charge in [-0.1, -0.05) is 30.3 Å². The first kappa shape index (κ1) is 16.2. The lowest BCUT2D eigenvalue weighted by Gasteiger charge is -2.45. The van der Waals surface area contributed by atoms with Crippen LogP contribution < -0.4 is 5.32 Å². The Kier molecular flexibility index (Phi) is 4.81. The summed E-state index contributed by atoms with van der Waals surface area (Å²) in [5.74, 6) is 0.182. The summed E-state index contributed by atoms with van der Waals surface area (Å²) < 4.78 is 0. The molecule has 0 atom stereocenters. The Bertz CT molecular complexity index is 562. The molecule has 1 amide bonds. The Morgan fingerprint density at radius 3 is 2.52 bits per heavy atom. The van der Waals surface area contributed by atoms with Gasteiger partial charge in [0.25, 0.3) is 0 Å². The van der Waals surface area contributed by atoms with Crippen LogP contribution in [0.2, 0.25) is 0 Å². The van der Waals surface area contributed by atoms with Crippen molar-refractivity contribution >= 4 is 11.7 Å². The highest BCUT2D eigenvalue weighted by Crippen LogP contribution is 2.41. The number of carbonyl (C=O) groups excluding carboxylic acids is 2. The van der Waals surface area contributed by atoms with Crippen LogP contribution in [0.25, 0.3) is 0 Å². The highest BCUT2D eigenvalue weighted by atomic mass is 16.2. The number of amides is 1. The smallest absolute Gasteiger partial charge is 0.230 e. The Balaban J connectivity index is 1.55. The third-order valence-electron chi connectivity index (χ3n) is 5.51. The molecule has 1 saturated carbocycles. The summed E-state index contributed by atoms with van der Waals surface area (Å²) in [6.07, 6.45) is 3.95. The van der Waals surface area contributed by atoms with Gasteiger partial charge in [0, 0.05) is 31.1 Å². The maximum Gasteiger partial charge on any atom is 0.230 e. The summed E-state index contributed by atoms with van der Waals surface area (Å²) in [6, 6.07) is 10.9. The Hall–Kier alpha value is -1.68. The predicted molar refractivity (Wildman–Crippen MR) is 89.8 cm³/mol. The molecule has 2 aliphatic rings. The Morgan fingerprint density at radius 1 is 1.17 bits per heavy atom. The van der Waals surface area contributed by atoms with Gasteiger partial charge in [-0.15, -0.1) is 0 Å². The van der Waals surface area contributed by atoms with Gasteiger partial charge in [0.15, 0.2) is 0 Å². The van der Waals surface area contributed by atoms with E-state index in [1.807, 2.05) is 17.9 Å². The number of hydrogen-bond donors (Lipinski definition) is 1. The lowest BCUT2D eigenvalue weighted by Crippen LogP contribution is -2.54. The average molecular weight is 314 g/mol. The topological polar surface area (TPSA) is 49.4 Å². The maximum absolute atomic E-state index is 12.5. The number of nitrogens with zero attached hydrogens (tertiary/aromatic N) is 1. The maximum atomic E-state index is 12.5. The first-order chi connectivity index (χ1) is 11.1. The van der Waals surface area contributed by atoms with Crippen molar-refractivity contribution in [3.05, 3.63) is 35.9 Å². The molecule has 0 radical (unpaired) electrons. The van der Waals surface area contributed by atoms with Gasteiger partial charge in [-0.05, 0) is 38.2 Å². The fourth-order valence-electron chi connectivity index (χ4n) is 3.94. The van der Waals surface area contributed by atoms with Crippen molar-refractivity contribution in [1.82, 2.24) is 10.2 Å². The van der Waals surface area contributed by atoms with Crippen molar-refractivity contribution < 1.29 is 9.59 Å². The van der Waals surface area contributed by atoms with E-state index in [0.29, 0.717) is 19.1 Å². The molecule has 2 fully saturated rings. The van der Waals surface area contributed by atoms with Gasteiger partial charge in [-0.25, -0.2) is 0 Å². The summed E-state index contributed by atoms with van der Waals surface area (Å²) in [6.45, 7) is 4.22. The molecule has 1 aromatic rings. The van der Waals surface area contributed by atoms with Crippen LogP contribution in [0.3, 0.4) is 0 Å². The fraction of sp³-hybridized carbons (Fsp3) is 0.579. The summed E-state index contributed by atoms with van der Waals surface area (Å²) in [5.41, 5.74) is 1.03. The molecule has 3 rings (SSSR count). The highest BCUT2D eigenvalue weighted by molar-refractivity contribution is 6.03. The van der Waals surface area contributed by atoms with Crippen molar-refractivity contribution in [3.63, 3.8) is 0 Å². The van der Waals surface area contributed by atoms with Crippen LogP contribution in [0, 0.1) is 5.41 Å². The summed E-state index contributed by atoms with van der Waals surface area (Å²) in [5, 5.41) is 3.62. The van der Waals surface area contributed by atoms with E-state index in [4.69, 9.17) is 0 Å². The lowest BCUT2D eigenvalue weighted by atomic mass is 9.67. The Labute approximate surface area is 138 Å². The van der Waals surface area contributed by atoms with Crippen LogP contribution in [0.5, 0.6) is 0 Å². The SMILES string of the molecule is CCN1CC2(CCC(NCc3ccccc3)CC2)C(=O)CC1=O. The molecule has 1 saturated heterocycles. The van der Waals surface area contributed by atoms with Gasteiger partial charge < -0.3 is 10.2 Å². The van der Waals surface area contributed by atoms with E-state index >= 15 is 0 Å². The largest absolute Gasteiger partial charge is 0.342 e. The zero-order valence-corrected chi connectivity index (χ0v) is 13.9. The van der Waals surface area contributed by atoms with E-state index < -0.39 is 0 Å². The van der Waals surface area contributed by atoms with Crippen molar-refractivity contribution in [2.75, 3.05) is 13.1 Å². The third kappa shape index (κ3) is 3.47. The number of likely N-dealkylation sites (tertiary alicyclic amines) is 1. The van der Waals surface area contributed by atoms with Gasteiger partial charge in [-0.2, -0.15) is 0 Å². The first-order valence-electron chi connectivity index (χ1n) is 8.71. The zero-order valence-electron chi connectivity index (χ0n) is 13.9. The van der Waals surface area contributed by atoms with E-state index in [1.54, 1.807) is 0 Å². The number of Topliss-reactive ketones (excluding diaryl/α,β-unsaturated/α-hetero) is 1. The molecule has 1 heterocycles. The molecular formula is C19H26N2O2. The molecule has 0 aromatic heterocycles. The van der Waals surface area contributed by atoms with Gasteiger partial charge in [0.1, 0.15) is 5.78 Å². The standard InChI is InChI=1S/C19H26N2O2/c1-2-21-14-19(17(22)12-18(21)23)10-8-16(9-11-19)20-13-15-6-4-3-5-7-15/h3-7,16,20H,2,8-14H2,1H3. The number of rotatable bonds is 4. The van der Waals surface area contributed by atoms with Crippen LogP contribution in [-0.2, 0) is 16.1 Å². The molecule has 4 heteroatoms. The number of carbonyl (C=O) groups is 2. The second kappa shape index (κ2) is 6.83. The van der Waals surface area contributed by atoms with Crippen molar-refractivity contribution in [2.45, 2.75) is 51.6 Å². The zero-order chi connectivity index (χ0) is 16.3.